The molecule has 1 aliphatic heterocycles. The molecule has 0 spiro atoms. The Morgan fingerprint density at radius 1 is 1.32 bits per heavy atom. The van der Waals surface area contributed by atoms with Gasteiger partial charge < -0.3 is 14.5 Å². The molecule has 1 aliphatic rings. The van der Waals surface area contributed by atoms with Crippen molar-refractivity contribution < 1.29 is 14.4 Å². The molecule has 1 atom stereocenters. The van der Waals surface area contributed by atoms with Crippen molar-refractivity contribution in [1.82, 2.24) is 10.1 Å². The fourth-order valence-electron chi connectivity index (χ4n) is 2.86. The van der Waals surface area contributed by atoms with Crippen LogP contribution in [0.25, 0.3) is 11.3 Å². The van der Waals surface area contributed by atoms with Crippen LogP contribution in [0.1, 0.15) is 30.3 Å². The predicted molar refractivity (Wildman–Crippen MR) is 82.2 cm³/mol. The van der Waals surface area contributed by atoms with Gasteiger partial charge in [0, 0.05) is 24.7 Å². The second-order valence-electron chi connectivity index (χ2n) is 5.81. The van der Waals surface area contributed by atoms with Crippen molar-refractivity contribution in [3.63, 3.8) is 0 Å². The van der Waals surface area contributed by atoms with Crippen LogP contribution in [0.3, 0.4) is 0 Å². The molecule has 1 fully saturated rings. The van der Waals surface area contributed by atoms with E-state index >= 15 is 0 Å². The van der Waals surface area contributed by atoms with E-state index in [2.05, 4.69) is 5.16 Å². The summed E-state index contributed by atoms with van der Waals surface area (Å²) in [6.45, 7) is 3.12. The summed E-state index contributed by atoms with van der Waals surface area (Å²) in [6, 6.07) is 11.3. The van der Waals surface area contributed by atoms with Crippen LogP contribution in [0, 0.1) is 5.92 Å². The molecule has 0 radical (unpaired) electrons. The number of likely N-dealkylation sites (tertiary alicyclic amines) is 1. The summed E-state index contributed by atoms with van der Waals surface area (Å²) >= 11 is 0. The molecule has 1 aromatic heterocycles. The molecule has 2 aromatic rings. The number of carbonyl (C=O) groups is 1. The Morgan fingerprint density at radius 3 is 2.64 bits per heavy atom. The van der Waals surface area contributed by atoms with Crippen LogP contribution in [0.4, 0.5) is 0 Å². The van der Waals surface area contributed by atoms with Gasteiger partial charge in [0.15, 0.2) is 11.5 Å². The number of hydrogen-bond donors (Lipinski definition) is 1. The Balaban J connectivity index is 1.68. The molecule has 5 heteroatoms. The molecule has 0 saturated carbocycles. The maximum atomic E-state index is 12.5. The zero-order chi connectivity index (χ0) is 15.5. The number of aliphatic hydroxyl groups is 1. The van der Waals surface area contributed by atoms with Crippen LogP contribution in [0.5, 0.6) is 0 Å². The predicted octanol–water partition coefficient (Wildman–Crippen LogP) is 2.57. The van der Waals surface area contributed by atoms with E-state index in [0.717, 1.165) is 18.4 Å². The average molecular weight is 300 g/mol. The monoisotopic (exact) mass is 300 g/mol. The molecule has 2 heterocycles. The number of rotatable bonds is 3. The van der Waals surface area contributed by atoms with E-state index in [1.165, 1.54) is 0 Å². The first-order valence-electron chi connectivity index (χ1n) is 7.64. The second-order valence-corrected chi connectivity index (χ2v) is 5.81. The number of carbonyl (C=O) groups excluding carboxylic acids is 1. The van der Waals surface area contributed by atoms with E-state index in [9.17, 15) is 9.90 Å². The summed E-state index contributed by atoms with van der Waals surface area (Å²) in [6.07, 6.45) is 1.34. The highest BCUT2D eigenvalue weighted by molar-refractivity contribution is 5.93. The Kier molecular flexibility index (Phi) is 4.24. The number of nitrogens with zero attached hydrogens (tertiary/aromatic N) is 2. The zero-order valence-corrected chi connectivity index (χ0v) is 12.6. The van der Waals surface area contributed by atoms with Gasteiger partial charge in [-0.05, 0) is 25.7 Å². The Hall–Kier alpha value is -2.14. The van der Waals surface area contributed by atoms with Crippen LogP contribution in [-0.2, 0) is 0 Å². The van der Waals surface area contributed by atoms with Gasteiger partial charge in [-0.3, -0.25) is 4.79 Å². The van der Waals surface area contributed by atoms with Crippen LogP contribution in [-0.4, -0.2) is 40.3 Å². The van der Waals surface area contributed by atoms with Crippen LogP contribution >= 0.6 is 0 Å². The van der Waals surface area contributed by atoms with Gasteiger partial charge in [0.2, 0.25) is 0 Å². The fourth-order valence-corrected chi connectivity index (χ4v) is 2.86. The van der Waals surface area contributed by atoms with Gasteiger partial charge in [-0.1, -0.05) is 35.5 Å². The molecule has 3 rings (SSSR count). The third-order valence-corrected chi connectivity index (χ3v) is 4.30. The van der Waals surface area contributed by atoms with Gasteiger partial charge in [-0.2, -0.15) is 0 Å². The van der Waals surface area contributed by atoms with E-state index in [1.807, 2.05) is 37.3 Å². The van der Waals surface area contributed by atoms with E-state index < -0.39 is 0 Å². The molecule has 116 valence electrons. The highest BCUT2D eigenvalue weighted by atomic mass is 16.5. The number of benzene rings is 1. The van der Waals surface area contributed by atoms with Crippen molar-refractivity contribution in [3.05, 3.63) is 42.1 Å². The number of hydrogen-bond acceptors (Lipinski definition) is 4. The first-order valence-corrected chi connectivity index (χ1v) is 7.64. The summed E-state index contributed by atoms with van der Waals surface area (Å²) in [4.78, 5) is 14.2. The third-order valence-electron chi connectivity index (χ3n) is 4.30. The van der Waals surface area contributed by atoms with Crippen molar-refractivity contribution in [2.45, 2.75) is 25.9 Å². The maximum absolute atomic E-state index is 12.5. The highest BCUT2D eigenvalue weighted by Crippen LogP contribution is 2.24. The van der Waals surface area contributed by atoms with Crippen LogP contribution < -0.4 is 0 Å². The van der Waals surface area contributed by atoms with E-state index in [1.54, 1.807) is 11.0 Å². The van der Waals surface area contributed by atoms with Crippen molar-refractivity contribution in [3.8, 4) is 11.3 Å². The van der Waals surface area contributed by atoms with Crippen molar-refractivity contribution in [2.24, 2.45) is 5.92 Å². The van der Waals surface area contributed by atoms with E-state index in [4.69, 9.17) is 4.52 Å². The summed E-state index contributed by atoms with van der Waals surface area (Å²) in [7, 11) is 0. The minimum absolute atomic E-state index is 0.102. The lowest BCUT2D eigenvalue weighted by molar-refractivity contribution is 0.0514. The molecule has 5 nitrogen and oxygen atoms in total. The minimum Gasteiger partial charge on any atom is -0.393 e. The molecule has 0 aliphatic carbocycles. The lowest BCUT2D eigenvalue weighted by Gasteiger charge is -2.32. The molecule has 0 bridgehead atoms. The maximum Gasteiger partial charge on any atom is 0.276 e. The number of aromatic nitrogens is 1. The summed E-state index contributed by atoms with van der Waals surface area (Å²) in [5, 5.41) is 13.5. The lowest BCUT2D eigenvalue weighted by Crippen LogP contribution is -2.40. The van der Waals surface area contributed by atoms with Crippen LogP contribution in [0.2, 0.25) is 0 Å². The number of amides is 1. The van der Waals surface area contributed by atoms with Crippen molar-refractivity contribution in [2.75, 3.05) is 13.1 Å². The largest absolute Gasteiger partial charge is 0.393 e. The van der Waals surface area contributed by atoms with Crippen LogP contribution in [0.15, 0.2) is 40.9 Å². The van der Waals surface area contributed by atoms with E-state index in [-0.39, 0.29) is 17.9 Å². The lowest BCUT2D eigenvalue weighted by atomic mass is 9.92. The smallest absolute Gasteiger partial charge is 0.276 e. The van der Waals surface area contributed by atoms with E-state index in [0.29, 0.717) is 24.5 Å². The molecular weight excluding hydrogens is 280 g/mol. The summed E-state index contributed by atoms with van der Waals surface area (Å²) in [5.41, 5.74) is 1.25. The van der Waals surface area contributed by atoms with Gasteiger partial charge in [-0.25, -0.2) is 0 Å². The third kappa shape index (κ3) is 3.04. The summed E-state index contributed by atoms with van der Waals surface area (Å²) in [5.74, 6) is 0.777. The minimum atomic E-state index is -0.311. The van der Waals surface area contributed by atoms with Crippen molar-refractivity contribution >= 4 is 5.91 Å². The quantitative estimate of drug-likeness (QED) is 0.946. The normalized spacial score (nSPS) is 17.5. The van der Waals surface area contributed by atoms with Gasteiger partial charge in [0.25, 0.3) is 5.91 Å². The summed E-state index contributed by atoms with van der Waals surface area (Å²) < 4.78 is 5.28. The highest BCUT2D eigenvalue weighted by Gasteiger charge is 2.27. The standard InChI is InChI=1S/C17H20N2O3/c1-12(20)13-7-9-19(10-8-13)17(21)15-11-16(22-18-15)14-5-3-2-4-6-14/h2-6,11-13,20H,7-10H2,1H3. The Morgan fingerprint density at radius 2 is 2.00 bits per heavy atom. The SMILES string of the molecule is CC(O)C1CCN(C(=O)c2cc(-c3ccccc3)on2)CC1. The first-order chi connectivity index (χ1) is 10.6. The molecule has 1 aromatic carbocycles. The second kappa shape index (κ2) is 6.32. The molecule has 1 saturated heterocycles. The molecule has 1 N–H and O–H groups in total. The average Bonchev–Trinajstić information content (AvgIpc) is 3.05. The van der Waals surface area contributed by atoms with Gasteiger partial charge in [0.1, 0.15) is 0 Å². The van der Waals surface area contributed by atoms with Crippen molar-refractivity contribution in [1.29, 1.82) is 0 Å². The molecule has 1 amide bonds. The zero-order valence-electron chi connectivity index (χ0n) is 12.6. The Labute approximate surface area is 129 Å². The van der Waals surface area contributed by atoms with Gasteiger partial charge >= 0.3 is 0 Å². The molecule has 1 unspecified atom stereocenters. The number of piperidine rings is 1. The molecule has 22 heavy (non-hydrogen) atoms. The topological polar surface area (TPSA) is 66.6 Å². The molecular formula is C17H20N2O3. The van der Waals surface area contributed by atoms with Gasteiger partial charge in [0.05, 0.1) is 6.10 Å². The fraction of sp³-hybridized carbons (Fsp3) is 0.412. The Bertz CT molecular complexity index is 628. The van der Waals surface area contributed by atoms with Gasteiger partial charge in [-0.15, -0.1) is 0 Å². The first kappa shape index (κ1) is 14.8. The number of aliphatic hydroxyl groups excluding tert-OH is 1.